The van der Waals surface area contributed by atoms with E-state index < -0.39 is 0 Å². The van der Waals surface area contributed by atoms with Gasteiger partial charge in [-0.05, 0) is 28.4 Å². The van der Waals surface area contributed by atoms with Gasteiger partial charge in [-0.15, -0.1) is 0 Å². The lowest BCUT2D eigenvalue weighted by Crippen LogP contribution is -1.94. The van der Waals surface area contributed by atoms with Gasteiger partial charge in [0, 0.05) is 11.9 Å². The number of nitrogens with zero attached hydrogens (tertiary/aromatic N) is 1. The Balaban J connectivity index is 2.54. The molecule has 74 valence electrons. The molecule has 2 N–H and O–H groups in total. The summed E-state index contributed by atoms with van der Waals surface area (Å²) >= 11 is 3.32. The van der Waals surface area contributed by atoms with Gasteiger partial charge >= 0.3 is 0 Å². The van der Waals surface area contributed by atoms with Crippen molar-refractivity contribution in [1.29, 1.82) is 0 Å². The van der Waals surface area contributed by atoms with Crippen LogP contribution in [0.25, 0.3) is 0 Å². The lowest BCUT2D eigenvalue weighted by Gasteiger charge is -1.95. The summed E-state index contributed by atoms with van der Waals surface area (Å²) in [6.07, 6.45) is 1.74. The first kappa shape index (κ1) is 11.0. The van der Waals surface area contributed by atoms with Gasteiger partial charge in [-0.1, -0.05) is 30.3 Å². The minimum absolute atomic E-state index is 0.684. The quantitative estimate of drug-likeness (QED) is 0.826. The molecule has 0 spiro atoms. The summed E-state index contributed by atoms with van der Waals surface area (Å²) in [7, 11) is 0. The number of aliphatic imine (C=N–C) groups is 1. The first-order valence-electron chi connectivity index (χ1n) is 4.35. The zero-order valence-electron chi connectivity index (χ0n) is 8.07. The van der Waals surface area contributed by atoms with E-state index >= 15 is 0 Å². The molecule has 1 rings (SSSR count). The number of rotatable bonds is 3. The van der Waals surface area contributed by atoms with E-state index in [-0.39, 0.29) is 0 Å². The largest absolute Gasteiger partial charge is 0.401 e. The van der Waals surface area contributed by atoms with E-state index in [1.165, 1.54) is 5.56 Å². The summed E-state index contributed by atoms with van der Waals surface area (Å²) in [5.41, 5.74) is 7.49. The zero-order chi connectivity index (χ0) is 10.4. The maximum Gasteiger partial charge on any atom is 0.0640 e. The van der Waals surface area contributed by atoms with Gasteiger partial charge in [0.25, 0.3) is 0 Å². The van der Waals surface area contributed by atoms with Gasteiger partial charge in [-0.25, -0.2) is 0 Å². The molecule has 2 nitrogen and oxygen atoms in total. The van der Waals surface area contributed by atoms with Gasteiger partial charge in [-0.3, -0.25) is 4.99 Å². The summed E-state index contributed by atoms with van der Waals surface area (Å²) in [4.78, 5) is 4.25. The highest BCUT2D eigenvalue weighted by Gasteiger charge is 1.90. The Morgan fingerprint density at radius 3 is 2.64 bits per heavy atom. The van der Waals surface area contributed by atoms with E-state index in [4.69, 9.17) is 5.73 Å². The first-order chi connectivity index (χ1) is 6.70. The van der Waals surface area contributed by atoms with E-state index in [0.29, 0.717) is 6.54 Å². The molecule has 0 bridgehead atoms. The smallest absolute Gasteiger partial charge is 0.0640 e. The molecule has 0 aliphatic heterocycles. The van der Waals surface area contributed by atoms with Crippen molar-refractivity contribution >= 4 is 22.1 Å². The molecular weight excluding hydrogens is 240 g/mol. The Morgan fingerprint density at radius 1 is 1.43 bits per heavy atom. The Morgan fingerprint density at radius 2 is 2.07 bits per heavy atom. The summed E-state index contributed by atoms with van der Waals surface area (Å²) < 4.78 is 0.841. The number of halogens is 1. The SMILES string of the molecule is CC(N)=C(Br)C=NCc1ccccc1. The Kier molecular flexibility index (Phi) is 4.40. The second-order valence-corrected chi connectivity index (χ2v) is 3.84. The summed E-state index contributed by atoms with van der Waals surface area (Å²) in [5, 5.41) is 0. The lowest BCUT2D eigenvalue weighted by atomic mass is 10.2. The molecule has 0 atom stereocenters. The Labute approximate surface area is 92.7 Å². The van der Waals surface area contributed by atoms with Gasteiger partial charge in [0.1, 0.15) is 0 Å². The second kappa shape index (κ2) is 5.60. The summed E-state index contributed by atoms with van der Waals surface area (Å²) in [5.74, 6) is 0. The second-order valence-electron chi connectivity index (χ2n) is 2.99. The van der Waals surface area contributed by atoms with Crippen molar-refractivity contribution in [3.63, 3.8) is 0 Å². The normalized spacial score (nSPS) is 13.0. The van der Waals surface area contributed by atoms with Crippen molar-refractivity contribution in [1.82, 2.24) is 0 Å². The van der Waals surface area contributed by atoms with Gasteiger partial charge in [0.05, 0.1) is 11.0 Å². The third-order valence-corrected chi connectivity index (χ3v) is 2.53. The third-order valence-electron chi connectivity index (χ3n) is 1.70. The molecule has 0 saturated carbocycles. The number of nitrogens with two attached hydrogens (primary N) is 1. The molecule has 0 radical (unpaired) electrons. The van der Waals surface area contributed by atoms with E-state index in [1.54, 1.807) is 6.21 Å². The number of allylic oxidation sites excluding steroid dienone is 2. The summed E-state index contributed by atoms with van der Waals surface area (Å²) in [6.45, 7) is 2.52. The van der Waals surface area contributed by atoms with Crippen molar-refractivity contribution in [2.45, 2.75) is 13.5 Å². The molecule has 0 saturated heterocycles. The Hall–Kier alpha value is -1.09. The van der Waals surface area contributed by atoms with Crippen LogP contribution in [0.1, 0.15) is 12.5 Å². The first-order valence-corrected chi connectivity index (χ1v) is 5.15. The maximum atomic E-state index is 5.56. The molecule has 0 aliphatic carbocycles. The van der Waals surface area contributed by atoms with Crippen molar-refractivity contribution in [2.24, 2.45) is 10.7 Å². The lowest BCUT2D eigenvalue weighted by molar-refractivity contribution is 1.08. The Bertz CT molecular complexity index is 338. The van der Waals surface area contributed by atoms with Crippen molar-refractivity contribution in [3.8, 4) is 0 Å². The van der Waals surface area contributed by atoms with Gasteiger partial charge in [0.15, 0.2) is 0 Å². The minimum atomic E-state index is 0.684. The number of hydrogen-bond acceptors (Lipinski definition) is 2. The van der Waals surface area contributed by atoms with Crippen LogP contribution in [0.5, 0.6) is 0 Å². The predicted octanol–water partition coefficient (Wildman–Crippen LogP) is 2.84. The van der Waals surface area contributed by atoms with Crippen molar-refractivity contribution < 1.29 is 0 Å². The zero-order valence-corrected chi connectivity index (χ0v) is 9.66. The number of hydrogen-bond donors (Lipinski definition) is 1. The van der Waals surface area contributed by atoms with E-state index in [0.717, 1.165) is 10.2 Å². The van der Waals surface area contributed by atoms with Crippen LogP contribution in [-0.4, -0.2) is 6.21 Å². The van der Waals surface area contributed by atoms with Crippen LogP contribution < -0.4 is 5.73 Å². The van der Waals surface area contributed by atoms with Gasteiger partial charge in [0.2, 0.25) is 0 Å². The summed E-state index contributed by atoms with van der Waals surface area (Å²) in [6, 6.07) is 10.1. The molecule has 0 heterocycles. The molecule has 0 fully saturated rings. The maximum absolute atomic E-state index is 5.56. The third kappa shape index (κ3) is 3.75. The van der Waals surface area contributed by atoms with Crippen LogP contribution in [0.3, 0.4) is 0 Å². The molecule has 0 aliphatic rings. The van der Waals surface area contributed by atoms with Crippen LogP contribution in [0, 0.1) is 0 Å². The average molecular weight is 253 g/mol. The van der Waals surface area contributed by atoms with Crippen LogP contribution in [0.15, 0.2) is 45.5 Å². The highest BCUT2D eigenvalue weighted by atomic mass is 79.9. The molecule has 1 aromatic carbocycles. The molecular formula is C11H13BrN2. The average Bonchev–Trinajstić information content (AvgIpc) is 2.19. The molecule has 0 amide bonds. The molecule has 14 heavy (non-hydrogen) atoms. The van der Waals surface area contributed by atoms with Crippen LogP contribution in [-0.2, 0) is 6.54 Å². The minimum Gasteiger partial charge on any atom is -0.401 e. The van der Waals surface area contributed by atoms with E-state index in [1.807, 2.05) is 37.3 Å². The molecule has 0 unspecified atom stereocenters. The monoisotopic (exact) mass is 252 g/mol. The fraction of sp³-hybridized carbons (Fsp3) is 0.182. The molecule has 1 aromatic rings. The van der Waals surface area contributed by atoms with Crippen LogP contribution in [0.4, 0.5) is 0 Å². The van der Waals surface area contributed by atoms with Crippen molar-refractivity contribution in [2.75, 3.05) is 0 Å². The highest BCUT2D eigenvalue weighted by Crippen LogP contribution is 2.05. The molecule has 0 aromatic heterocycles. The fourth-order valence-electron chi connectivity index (χ4n) is 0.916. The topological polar surface area (TPSA) is 38.4 Å². The highest BCUT2D eigenvalue weighted by molar-refractivity contribution is 9.12. The van der Waals surface area contributed by atoms with Gasteiger partial charge < -0.3 is 5.73 Å². The van der Waals surface area contributed by atoms with E-state index in [2.05, 4.69) is 20.9 Å². The fourth-order valence-corrected chi connectivity index (χ4v) is 1.06. The predicted molar refractivity (Wildman–Crippen MR) is 64.5 cm³/mol. The standard InChI is InChI=1S/C11H13BrN2/c1-9(13)11(12)8-14-7-10-5-3-2-4-6-10/h2-6,8H,7,13H2,1H3. The van der Waals surface area contributed by atoms with Crippen LogP contribution >= 0.6 is 15.9 Å². The van der Waals surface area contributed by atoms with E-state index in [9.17, 15) is 0 Å². The van der Waals surface area contributed by atoms with Crippen molar-refractivity contribution in [3.05, 3.63) is 46.1 Å². The van der Waals surface area contributed by atoms with Gasteiger partial charge in [-0.2, -0.15) is 0 Å². The molecule has 3 heteroatoms. The number of benzene rings is 1. The van der Waals surface area contributed by atoms with Crippen LogP contribution in [0.2, 0.25) is 0 Å².